The number of aromatic hydroxyl groups is 1. The molecule has 0 heterocycles. The maximum absolute atomic E-state index is 13.4. The molecule has 8 aromatic carbocycles. The number of anilines is 2. The number of fused-ring (bicyclic) bond motifs is 2. The number of ether oxygens (including phenoxy) is 2. The van der Waals surface area contributed by atoms with Crippen molar-refractivity contribution < 1.29 is 55.2 Å². The van der Waals surface area contributed by atoms with Crippen molar-refractivity contribution >= 4 is 160 Å². The molecule has 392 valence electrons. The minimum atomic E-state index is -4.74. The van der Waals surface area contributed by atoms with Crippen molar-refractivity contribution in [3.8, 4) is 23.0 Å². The van der Waals surface area contributed by atoms with E-state index in [1.807, 2.05) is 13.8 Å². The minimum absolute atomic E-state index is 0. The van der Waals surface area contributed by atoms with Crippen LogP contribution in [-0.4, -0.2) is 105 Å². The van der Waals surface area contributed by atoms with E-state index in [9.17, 15) is 45.7 Å². The van der Waals surface area contributed by atoms with Crippen LogP contribution in [0.4, 0.5) is 34.1 Å². The summed E-state index contributed by atoms with van der Waals surface area (Å²) in [5.41, 5.74) is 1.48. The number of nitrogens with zero attached hydrogens (tertiary/aromatic N) is 4. The first kappa shape index (κ1) is 59.8. The average molecular weight is 1240 g/mol. The molecule has 23 heteroatoms. The number of nitrogens with one attached hydrogen (secondary N) is 2. The molecule has 0 aromatic heterocycles. The molecule has 0 fully saturated rings. The van der Waals surface area contributed by atoms with Gasteiger partial charge in [0.15, 0.2) is 5.75 Å². The number of aryl methyl sites for hydroxylation is 2. The number of azo groups is 2. The fraction of sp³-hybridized carbons (Fsp3) is 0.148. The van der Waals surface area contributed by atoms with Gasteiger partial charge in [0.1, 0.15) is 38.7 Å². The van der Waals surface area contributed by atoms with Crippen LogP contribution in [0.2, 0.25) is 10.0 Å². The molecule has 77 heavy (non-hydrogen) atoms. The molecular formula is C54H46BaCl2N6O12S2. The molecule has 4 N–H and O–H groups in total. The predicted molar refractivity (Wildman–Crippen MR) is 294 cm³/mol. The van der Waals surface area contributed by atoms with Gasteiger partial charge in [0.25, 0.3) is 21.9 Å². The summed E-state index contributed by atoms with van der Waals surface area (Å²) in [7, 11) is -9.22. The van der Waals surface area contributed by atoms with Crippen LogP contribution in [0.3, 0.4) is 0 Å². The summed E-state index contributed by atoms with van der Waals surface area (Å²) in [6, 6.07) is 35.4. The van der Waals surface area contributed by atoms with Crippen LogP contribution < -0.4 is 25.2 Å². The number of amides is 2. The fourth-order valence-corrected chi connectivity index (χ4v) is 9.85. The molecule has 18 nitrogen and oxygen atoms in total. The molecule has 0 aliphatic heterocycles. The Morgan fingerprint density at radius 3 is 1.45 bits per heavy atom. The van der Waals surface area contributed by atoms with E-state index in [0.29, 0.717) is 63.2 Å². The van der Waals surface area contributed by atoms with Crippen molar-refractivity contribution in [1.82, 2.24) is 0 Å². The maximum Gasteiger partial charge on any atom is 2.00 e. The van der Waals surface area contributed by atoms with E-state index in [1.54, 1.807) is 117 Å². The average Bonchev–Trinajstić information content (AvgIpc) is 3.39. The number of rotatable bonds is 16. The van der Waals surface area contributed by atoms with Crippen molar-refractivity contribution in [2.45, 2.75) is 50.3 Å². The molecule has 0 saturated carbocycles. The van der Waals surface area contributed by atoms with E-state index in [0.717, 1.165) is 12.1 Å². The number of carbonyl (C=O) groups excluding carboxylic acids is 2. The van der Waals surface area contributed by atoms with Gasteiger partial charge in [-0.05, 0) is 134 Å². The standard InChI is InChI=1S/2C27H24ClN3O6S.Ba/c2*1-3-16-14-23(22(28)15-24(16)38(34,35)36)30-31-25-20-8-6-5-7-17(20)13-21(26(25)32)27(33)29-18-9-11-19(12-10-18)37-4-2;/h2*5-15,32H,3-4H2,1-2H3,(H,29,33)(H,34,35,36);/q;;+2/p-2. The number of benzene rings is 8. The number of carbonyl (C=O) groups is 2. The Labute approximate surface area is 493 Å². The molecule has 0 aliphatic carbocycles. The number of hydrogen-bond acceptors (Lipinski definition) is 15. The van der Waals surface area contributed by atoms with Gasteiger partial charge < -0.3 is 34.9 Å². The van der Waals surface area contributed by atoms with Gasteiger partial charge in [-0.1, -0.05) is 91.3 Å². The Morgan fingerprint density at radius 2 is 1.00 bits per heavy atom. The van der Waals surface area contributed by atoms with Gasteiger partial charge in [-0.25, -0.2) is 8.42 Å². The maximum atomic E-state index is 13.4. The van der Waals surface area contributed by atoms with Crippen LogP contribution in [0, 0.1) is 0 Å². The van der Waals surface area contributed by atoms with Crippen LogP contribution in [0.15, 0.2) is 164 Å². The number of phenolic OH excluding ortho intramolecular Hbond substituents is 1. The summed E-state index contributed by atoms with van der Waals surface area (Å²) in [4.78, 5) is 25.4. The van der Waals surface area contributed by atoms with Crippen LogP contribution in [0.1, 0.15) is 59.5 Å². The third-order valence-corrected chi connectivity index (χ3v) is 13.9. The third-order valence-electron chi connectivity index (χ3n) is 11.4. The number of phenols is 1. The fourth-order valence-electron chi connectivity index (χ4n) is 7.73. The summed E-state index contributed by atoms with van der Waals surface area (Å²) < 4.78 is 78.4. The number of hydrogen-bond donors (Lipinski definition) is 4. The van der Waals surface area contributed by atoms with Crippen molar-refractivity contribution in [3.63, 3.8) is 0 Å². The quantitative estimate of drug-likeness (QED) is 0.0399. The monoisotopic (exact) mass is 1240 g/mol. The van der Waals surface area contributed by atoms with Gasteiger partial charge in [0.05, 0.1) is 44.3 Å². The molecule has 0 aliphatic rings. The molecule has 8 aromatic rings. The second-order valence-electron chi connectivity index (χ2n) is 16.3. The van der Waals surface area contributed by atoms with Gasteiger partial charge in [-0.2, -0.15) is 13.5 Å². The van der Waals surface area contributed by atoms with E-state index in [-0.39, 0.29) is 116 Å². The van der Waals surface area contributed by atoms with E-state index in [4.69, 9.17) is 32.7 Å². The van der Waals surface area contributed by atoms with Crippen molar-refractivity contribution in [2.75, 3.05) is 23.8 Å². The largest absolute Gasteiger partial charge is 2.00 e. The summed E-state index contributed by atoms with van der Waals surface area (Å²) in [6.07, 6.45) is 0.512. The van der Waals surface area contributed by atoms with E-state index >= 15 is 0 Å². The predicted octanol–water partition coefficient (Wildman–Crippen LogP) is 12.8. The topological polar surface area (TPSA) is 281 Å². The molecule has 0 unspecified atom stereocenters. The SMILES string of the molecule is CCOc1ccc(NC(=O)c2cc3ccccc3c(N=Nc3cc(CC)c(S(=O)(=O)O)cc3Cl)c2O)cc1.CCOc1ccc(NC(=O)c2cc3ccccc3c(N=Nc3cc(CC)c(S(=O)(=O)[O-])cc3Cl)c2[O-])cc1.[Ba+2]. The van der Waals surface area contributed by atoms with Gasteiger partial charge >= 0.3 is 48.9 Å². The Hall–Kier alpha value is -6.41. The smallest absolute Gasteiger partial charge is 0.870 e. The van der Waals surface area contributed by atoms with Gasteiger partial charge in [0.2, 0.25) is 0 Å². The van der Waals surface area contributed by atoms with E-state index < -0.39 is 48.4 Å². The Morgan fingerprint density at radius 1 is 0.584 bits per heavy atom. The zero-order chi connectivity index (χ0) is 54.9. The molecule has 0 atom stereocenters. The first-order valence-electron chi connectivity index (χ1n) is 23.2. The summed E-state index contributed by atoms with van der Waals surface area (Å²) in [5, 5.41) is 48.5. The Kier molecular flexibility index (Phi) is 20.4. The molecule has 8 rings (SSSR count). The summed E-state index contributed by atoms with van der Waals surface area (Å²) >= 11 is 12.4. The van der Waals surface area contributed by atoms with Gasteiger partial charge in [-0.3, -0.25) is 14.1 Å². The molecule has 0 spiro atoms. The zero-order valence-electron chi connectivity index (χ0n) is 41.6. The second kappa shape index (κ2) is 26.3. The Bertz CT molecular complexity index is 3560. The first-order chi connectivity index (χ1) is 36.2. The normalized spacial score (nSPS) is 11.5. The van der Waals surface area contributed by atoms with Crippen LogP contribution >= 0.6 is 23.2 Å². The minimum Gasteiger partial charge on any atom is -0.870 e. The van der Waals surface area contributed by atoms with E-state index in [2.05, 4.69) is 31.1 Å². The summed E-state index contributed by atoms with van der Waals surface area (Å²) in [5.74, 6) is -0.917. The third kappa shape index (κ3) is 14.6. The van der Waals surface area contributed by atoms with Gasteiger partial charge in [-0.15, -0.1) is 15.3 Å². The van der Waals surface area contributed by atoms with Gasteiger partial charge in [0, 0.05) is 27.7 Å². The Balaban J connectivity index is 0.000000246. The molecule has 2 amide bonds. The molecule has 0 radical (unpaired) electrons. The summed E-state index contributed by atoms with van der Waals surface area (Å²) in [6.45, 7) is 8.15. The molecule has 0 bridgehead atoms. The van der Waals surface area contributed by atoms with Crippen molar-refractivity contribution in [1.29, 1.82) is 0 Å². The second-order valence-corrected chi connectivity index (χ2v) is 19.9. The number of halogens is 2. The first-order valence-corrected chi connectivity index (χ1v) is 26.8. The van der Waals surface area contributed by atoms with E-state index in [1.165, 1.54) is 18.2 Å². The zero-order valence-corrected chi connectivity index (χ0v) is 49.2. The molecular weight excluding hydrogens is 1200 g/mol. The van der Waals surface area contributed by atoms with Crippen LogP contribution in [0.25, 0.3) is 21.5 Å². The van der Waals surface area contributed by atoms with Crippen molar-refractivity contribution in [2.24, 2.45) is 20.5 Å². The molecule has 0 saturated heterocycles. The van der Waals surface area contributed by atoms with Crippen LogP contribution in [-0.2, 0) is 33.1 Å². The van der Waals surface area contributed by atoms with Crippen molar-refractivity contribution in [3.05, 3.63) is 166 Å². The van der Waals surface area contributed by atoms with Crippen LogP contribution in [0.5, 0.6) is 23.0 Å².